The fourth-order valence-electron chi connectivity index (χ4n) is 2.63. The van der Waals surface area contributed by atoms with Gasteiger partial charge in [-0.15, -0.1) is 10.2 Å². The highest BCUT2D eigenvalue weighted by molar-refractivity contribution is 5.91. The standard InChI is InChI=1S/C18H22N6O2/c1-10-5-6-14(17-24-22-13(4)26-17)9-16(10)20-18(25)19-11(2)7-15-8-12(3)21-23-15/h5-6,8-9,11H,7H2,1-4H3,(H,21,23)(H2,19,20,25)/t11-/m1/s1. The Morgan fingerprint density at radius 1 is 1.23 bits per heavy atom. The van der Waals surface area contributed by atoms with E-state index in [0.717, 1.165) is 22.5 Å². The Morgan fingerprint density at radius 2 is 2.04 bits per heavy atom. The van der Waals surface area contributed by atoms with Crippen molar-refractivity contribution in [2.24, 2.45) is 0 Å². The van der Waals surface area contributed by atoms with Crippen molar-refractivity contribution in [2.75, 3.05) is 5.32 Å². The van der Waals surface area contributed by atoms with Crippen LogP contribution in [0.25, 0.3) is 11.5 Å². The number of carbonyl (C=O) groups is 1. The van der Waals surface area contributed by atoms with E-state index >= 15 is 0 Å². The third kappa shape index (κ3) is 4.27. The number of carbonyl (C=O) groups excluding carboxylic acids is 1. The van der Waals surface area contributed by atoms with Crippen molar-refractivity contribution >= 4 is 11.7 Å². The lowest BCUT2D eigenvalue weighted by Gasteiger charge is -2.15. The minimum atomic E-state index is -0.272. The van der Waals surface area contributed by atoms with Gasteiger partial charge in [0, 0.05) is 36.3 Å². The number of aromatic amines is 1. The summed E-state index contributed by atoms with van der Waals surface area (Å²) in [6, 6.07) is 7.25. The number of aromatic nitrogens is 4. The van der Waals surface area contributed by atoms with Crippen LogP contribution in [0.3, 0.4) is 0 Å². The fraction of sp³-hybridized carbons (Fsp3) is 0.333. The molecule has 0 saturated heterocycles. The van der Waals surface area contributed by atoms with E-state index in [1.54, 1.807) is 6.92 Å². The van der Waals surface area contributed by atoms with Gasteiger partial charge in [0.25, 0.3) is 0 Å². The molecule has 2 amide bonds. The number of hydrogen-bond donors (Lipinski definition) is 3. The van der Waals surface area contributed by atoms with Gasteiger partial charge in [0.05, 0.1) is 5.69 Å². The van der Waals surface area contributed by atoms with Crippen molar-refractivity contribution in [1.82, 2.24) is 25.7 Å². The van der Waals surface area contributed by atoms with Crippen LogP contribution in [-0.4, -0.2) is 32.5 Å². The van der Waals surface area contributed by atoms with Crippen LogP contribution in [0.5, 0.6) is 0 Å². The highest BCUT2D eigenvalue weighted by Crippen LogP contribution is 2.24. The molecule has 0 unspecified atom stereocenters. The first kappa shape index (κ1) is 17.7. The zero-order chi connectivity index (χ0) is 18.7. The Hall–Kier alpha value is -3.16. The SMILES string of the molecule is Cc1cc(C[C@@H](C)NC(=O)Nc2cc(-c3nnc(C)o3)ccc2C)n[nH]1. The van der Waals surface area contributed by atoms with Crippen LogP contribution in [0, 0.1) is 20.8 Å². The maximum Gasteiger partial charge on any atom is 0.319 e. The Balaban J connectivity index is 1.64. The summed E-state index contributed by atoms with van der Waals surface area (Å²) in [5, 5.41) is 20.7. The van der Waals surface area contributed by atoms with Crippen LogP contribution < -0.4 is 10.6 Å². The Labute approximate surface area is 151 Å². The highest BCUT2D eigenvalue weighted by Gasteiger charge is 2.13. The smallest absolute Gasteiger partial charge is 0.319 e. The number of rotatable bonds is 5. The van der Waals surface area contributed by atoms with E-state index in [-0.39, 0.29) is 12.1 Å². The van der Waals surface area contributed by atoms with Crippen LogP contribution in [0.15, 0.2) is 28.7 Å². The summed E-state index contributed by atoms with van der Waals surface area (Å²) in [6.45, 7) is 7.55. The van der Waals surface area contributed by atoms with Gasteiger partial charge in [-0.25, -0.2) is 4.79 Å². The topological polar surface area (TPSA) is 109 Å². The summed E-state index contributed by atoms with van der Waals surface area (Å²) in [7, 11) is 0. The summed E-state index contributed by atoms with van der Waals surface area (Å²) >= 11 is 0. The molecule has 1 aromatic carbocycles. The van der Waals surface area contributed by atoms with Gasteiger partial charge in [-0.05, 0) is 44.5 Å². The second kappa shape index (κ2) is 7.38. The molecule has 0 aliphatic rings. The molecule has 26 heavy (non-hydrogen) atoms. The zero-order valence-corrected chi connectivity index (χ0v) is 15.3. The molecule has 0 aliphatic heterocycles. The molecule has 136 valence electrons. The number of nitrogens with one attached hydrogen (secondary N) is 3. The largest absolute Gasteiger partial charge is 0.421 e. The second-order valence-corrected chi connectivity index (χ2v) is 6.40. The van der Waals surface area contributed by atoms with Crippen molar-refractivity contribution in [1.29, 1.82) is 0 Å². The summed E-state index contributed by atoms with van der Waals surface area (Å²) in [5.74, 6) is 0.920. The molecule has 0 spiro atoms. The van der Waals surface area contributed by atoms with E-state index in [2.05, 4.69) is 31.0 Å². The van der Waals surface area contributed by atoms with Gasteiger partial charge in [-0.2, -0.15) is 5.10 Å². The fourth-order valence-corrected chi connectivity index (χ4v) is 2.63. The first-order chi connectivity index (χ1) is 12.4. The second-order valence-electron chi connectivity index (χ2n) is 6.40. The van der Waals surface area contributed by atoms with Gasteiger partial charge in [0.15, 0.2) is 0 Å². The van der Waals surface area contributed by atoms with Crippen molar-refractivity contribution < 1.29 is 9.21 Å². The number of aryl methyl sites for hydroxylation is 3. The number of amides is 2. The maximum absolute atomic E-state index is 12.3. The molecular formula is C18H22N6O2. The molecular weight excluding hydrogens is 332 g/mol. The lowest BCUT2D eigenvalue weighted by Crippen LogP contribution is -2.37. The van der Waals surface area contributed by atoms with Crippen LogP contribution in [0.2, 0.25) is 0 Å². The average molecular weight is 354 g/mol. The third-order valence-electron chi connectivity index (χ3n) is 3.91. The predicted molar refractivity (Wildman–Crippen MR) is 97.9 cm³/mol. The lowest BCUT2D eigenvalue weighted by atomic mass is 10.1. The van der Waals surface area contributed by atoms with E-state index in [4.69, 9.17) is 4.42 Å². The molecule has 3 aromatic rings. The van der Waals surface area contributed by atoms with Gasteiger partial charge < -0.3 is 15.1 Å². The molecule has 2 heterocycles. The average Bonchev–Trinajstić information content (AvgIpc) is 3.18. The van der Waals surface area contributed by atoms with E-state index in [1.165, 1.54) is 0 Å². The molecule has 8 heteroatoms. The van der Waals surface area contributed by atoms with Gasteiger partial charge >= 0.3 is 6.03 Å². The molecule has 8 nitrogen and oxygen atoms in total. The molecule has 0 fully saturated rings. The summed E-state index contributed by atoms with van der Waals surface area (Å²) in [5.41, 5.74) is 4.31. The van der Waals surface area contributed by atoms with Crippen molar-refractivity contribution in [3.8, 4) is 11.5 Å². The monoisotopic (exact) mass is 354 g/mol. The van der Waals surface area contributed by atoms with Gasteiger partial charge in [-0.1, -0.05) is 6.07 Å². The number of urea groups is 1. The molecule has 0 saturated carbocycles. The van der Waals surface area contributed by atoms with Gasteiger partial charge in [-0.3, -0.25) is 5.10 Å². The minimum Gasteiger partial charge on any atom is -0.421 e. The van der Waals surface area contributed by atoms with E-state index in [9.17, 15) is 4.79 Å². The number of benzene rings is 1. The zero-order valence-electron chi connectivity index (χ0n) is 15.3. The van der Waals surface area contributed by atoms with Crippen LogP contribution in [0.1, 0.15) is 29.8 Å². The number of anilines is 1. The summed E-state index contributed by atoms with van der Waals surface area (Å²) in [6.07, 6.45) is 0.651. The van der Waals surface area contributed by atoms with Crippen molar-refractivity contribution in [3.05, 3.63) is 47.1 Å². The number of H-pyrrole nitrogens is 1. The van der Waals surface area contributed by atoms with E-state index in [1.807, 2.05) is 45.0 Å². The van der Waals surface area contributed by atoms with Crippen LogP contribution in [-0.2, 0) is 6.42 Å². The molecule has 1 atom stereocenters. The summed E-state index contributed by atoms with van der Waals surface area (Å²) < 4.78 is 5.44. The van der Waals surface area contributed by atoms with Gasteiger partial charge in [0.2, 0.25) is 11.8 Å². The quantitative estimate of drug-likeness (QED) is 0.652. The van der Waals surface area contributed by atoms with Crippen molar-refractivity contribution in [2.45, 2.75) is 40.2 Å². The molecule has 3 N–H and O–H groups in total. The molecule has 0 bridgehead atoms. The normalized spacial score (nSPS) is 12.0. The lowest BCUT2D eigenvalue weighted by molar-refractivity contribution is 0.249. The van der Waals surface area contributed by atoms with Crippen LogP contribution in [0.4, 0.5) is 10.5 Å². The minimum absolute atomic E-state index is 0.0558. The molecule has 0 radical (unpaired) electrons. The van der Waals surface area contributed by atoms with Gasteiger partial charge in [0.1, 0.15) is 0 Å². The molecule has 0 aliphatic carbocycles. The maximum atomic E-state index is 12.3. The first-order valence-corrected chi connectivity index (χ1v) is 8.40. The molecule has 2 aromatic heterocycles. The van der Waals surface area contributed by atoms with Crippen molar-refractivity contribution in [3.63, 3.8) is 0 Å². The highest BCUT2D eigenvalue weighted by atomic mass is 16.4. The number of nitrogens with zero attached hydrogens (tertiary/aromatic N) is 3. The first-order valence-electron chi connectivity index (χ1n) is 8.40. The summed E-state index contributed by atoms with van der Waals surface area (Å²) in [4.78, 5) is 12.3. The Morgan fingerprint density at radius 3 is 2.69 bits per heavy atom. The Bertz CT molecular complexity index is 914. The molecule has 3 rings (SSSR count). The van der Waals surface area contributed by atoms with E-state index in [0.29, 0.717) is 23.9 Å². The van der Waals surface area contributed by atoms with E-state index < -0.39 is 0 Å². The predicted octanol–water partition coefficient (Wildman–Crippen LogP) is 3.14. The van der Waals surface area contributed by atoms with Crippen LogP contribution >= 0.6 is 0 Å². The third-order valence-corrected chi connectivity index (χ3v) is 3.91. The Kier molecular flexibility index (Phi) is 5.01. The number of hydrogen-bond acceptors (Lipinski definition) is 5.